The van der Waals surface area contributed by atoms with E-state index in [1.165, 1.54) is 33.4 Å². The summed E-state index contributed by atoms with van der Waals surface area (Å²) < 4.78 is 1.37. The maximum absolute atomic E-state index is 13.2. The van der Waals surface area contributed by atoms with E-state index in [1.807, 2.05) is 41.8 Å². The molecule has 1 N–H and O–H groups in total. The number of amides is 1. The monoisotopic (exact) mass is 445 g/mol. The van der Waals surface area contributed by atoms with Gasteiger partial charge in [-0.05, 0) is 40.7 Å². The summed E-state index contributed by atoms with van der Waals surface area (Å²) in [5.41, 5.74) is 4.83. The van der Waals surface area contributed by atoms with Crippen LogP contribution in [0.25, 0.3) is 21.3 Å². The molecule has 32 heavy (non-hydrogen) atoms. The zero-order valence-corrected chi connectivity index (χ0v) is 19.6. The average Bonchev–Trinajstić information content (AvgIpc) is 3.20. The average molecular weight is 446 g/mol. The first kappa shape index (κ1) is 22.0. The highest BCUT2D eigenvalue weighted by Gasteiger charge is 2.16. The summed E-state index contributed by atoms with van der Waals surface area (Å²) in [6.07, 6.45) is 2.42. The molecule has 2 aromatic heterocycles. The van der Waals surface area contributed by atoms with Crippen molar-refractivity contribution in [2.75, 3.05) is 5.32 Å². The normalized spacial score (nSPS) is 11.6. The Kier molecular flexibility index (Phi) is 5.98. The van der Waals surface area contributed by atoms with Crippen LogP contribution < -0.4 is 10.9 Å². The van der Waals surface area contributed by atoms with Crippen LogP contribution in [0, 0.1) is 0 Å². The fourth-order valence-corrected chi connectivity index (χ4v) is 4.53. The number of benzene rings is 2. The lowest BCUT2D eigenvalue weighted by Crippen LogP contribution is -2.27. The van der Waals surface area contributed by atoms with E-state index < -0.39 is 0 Å². The van der Waals surface area contributed by atoms with Crippen molar-refractivity contribution in [2.24, 2.45) is 0 Å². The standard InChI is InChI=1S/C26H27N3O2S/c1-5-17-6-8-18(9-7-17)21-15-32-24-23(21)25(31)29(16-27-24)14-22(30)28-20-12-10-19(11-13-20)26(2,3)4/h6-13,15-16H,5,14H2,1-4H3,(H,28,30). The molecule has 4 rings (SSSR count). The lowest BCUT2D eigenvalue weighted by atomic mass is 9.87. The van der Waals surface area contributed by atoms with E-state index >= 15 is 0 Å². The maximum atomic E-state index is 13.2. The highest BCUT2D eigenvalue weighted by molar-refractivity contribution is 7.17. The second-order valence-electron chi connectivity index (χ2n) is 8.93. The van der Waals surface area contributed by atoms with Gasteiger partial charge in [0.05, 0.1) is 11.7 Å². The van der Waals surface area contributed by atoms with Crippen LogP contribution in [0.5, 0.6) is 0 Å². The Bertz CT molecular complexity index is 1310. The Hall–Kier alpha value is -3.25. The number of carbonyl (C=O) groups excluding carboxylic acids is 1. The number of aromatic nitrogens is 2. The number of anilines is 1. The van der Waals surface area contributed by atoms with Gasteiger partial charge in [0, 0.05) is 16.6 Å². The van der Waals surface area contributed by atoms with Gasteiger partial charge in [-0.1, -0.05) is 64.1 Å². The van der Waals surface area contributed by atoms with E-state index in [-0.39, 0.29) is 23.4 Å². The van der Waals surface area contributed by atoms with E-state index in [4.69, 9.17) is 0 Å². The molecule has 2 aromatic carbocycles. The molecule has 4 aromatic rings. The number of thiophene rings is 1. The summed E-state index contributed by atoms with van der Waals surface area (Å²) in [6, 6.07) is 16.0. The third-order valence-corrected chi connectivity index (χ3v) is 6.47. The molecular weight excluding hydrogens is 418 g/mol. The Morgan fingerprint density at radius 1 is 1.06 bits per heavy atom. The van der Waals surface area contributed by atoms with Crippen LogP contribution in [0.15, 0.2) is 65.0 Å². The predicted octanol–water partition coefficient (Wildman–Crippen LogP) is 5.62. The minimum absolute atomic E-state index is 0.0477. The van der Waals surface area contributed by atoms with Gasteiger partial charge in [-0.2, -0.15) is 0 Å². The van der Waals surface area contributed by atoms with Crippen LogP contribution in [-0.2, 0) is 23.2 Å². The molecule has 0 aliphatic heterocycles. The first-order valence-electron chi connectivity index (χ1n) is 10.7. The lowest BCUT2D eigenvalue weighted by Gasteiger charge is -2.19. The quantitative estimate of drug-likeness (QED) is 0.433. The van der Waals surface area contributed by atoms with Crippen LogP contribution in [0.3, 0.4) is 0 Å². The topological polar surface area (TPSA) is 64.0 Å². The van der Waals surface area contributed by atoms with Crippen molar-refractivity contribution in [3.63, 3.8) is 0 Å². The molecule has 0 radical (unpaired) electrons. The van der Waals surface area contributed by atoms with Gasteiger partial charge in [0.1, 0.15) is 11.4 Å². The maximum Gasteiger partial charge on any atom is 0.263 e. The molecule has 0 aliphatic carbocycles. The molecule has 0 saturated heterocycles. The number of nitrogens with one attached hydrogen (secondary N) is 1. The Morgan fingerprint density at radius 3 is 2.38 bits per heavy atom. The first-order chi connectivity index (χ1) is 15.3. The smallest absolute Gasteiger partial charge is 0.263 e. The van der Waals surface area contributed by atoms with Crippen molar-refractivity contribution in [1.82, 2.24) is 9.55 Å². The zero-order chi connectivity index (χ0) is 22.9. The summed E-state index contributed by atoms with van der Waals surface area (Å²) in [4.78, 5) is 30.9. The molecule has 0 fully saturated rings. The third kappa shape index (κ3) is 4.50. The lowest BCUT2D eigenvalue weighted by molar-refractivity contribution is -0.116. The van der Waals surface area contributed by atoms with E-state index in [9.17, 15) is 9.59 Å². The highest BCUT2D eigenvalue weighted by Crippen LogP contribution is 2.31. The number of hydrogen-bond donors (Lipinski definition) is 1. The molecule has 2 heterocycles. The van der Waals surface area contributed by atoms with Gasteiger partial charge in [0.25, 0.3) is 5.56 Å². The zero-order valence-electron chi connectivity index (χ0n) is 18.8. The number of carbonyl (C=O) groups is 1. The van der Waals surface area contributed by atoms with Gasteiger partial charge in [-0.15, -0.1) is 11.3 Å². The van der Waals surface area contributed by atoms with Gasteiger partial charge in [0.2, 0.25) is 5.91 Å². The molecule has 0 spiro atoms. The van der Waals surface area contributed by atoms with Crippen molar-refractivity contribution in [3.8, 4) is 11.1 Å². The van der Waals surface area contributed by atoms with Crippen molar-refractivity contribution in [3.05, 3.63) is 81.7 Å². The van der Waals surface area contributed by atoms with E-state index in [0.29, 0.717) is 15.9 Å². The van der Waals surface area contributed by atoms with Crippen molar-refractivity contribution < 1.29 is 4.79 Å². The van der Waals surface area contributed by atoms with E-state index in [0.717, 1.165) is 17.5 Å². The minimum Gasteiger partial charge on any atom is -0.325 e. The molecule has 0 saturated carbocycles. The van der Waals surface area contributed by atoms with Crippen LogP contribution in [-0.4, -0.2) is 15.5 Å². The number of fused-ring (bicyclic) bond motifs is 1. The summed E-state index contributed by atoms with van der Waals surface area (Å²) in [6.45, 7) is 8.46. The first-order valence-corrected chi connectivity index (χ1v) is 11.6. The van der Waals surface area contributed by atoms with E-state index in [1.54, 1.807) is 0 Å². The van der Waals surface area contributed by atoms with Crippen LogP contribution in [0.2, 0.25) is 0 Å². The number of hydrogen-bond acceptors (Lipinski definition) is 4. The highest BCUT2D eigenvalue weighted by atomic mass is 32.1. The SMILES string of the molecule is CCc1ccc(-c2csc3ncn(CC(=O)Nc4ccc(C(C)(C)C)cc4)c(=O)c23)cc1. The predicted molar refractivity (Wildman–Crippen MR) is 132 cm³/mol. The molecular formula is C26H27N3O2S. The van der Waals surface area contributed by atoms with Gasteiger partial charge < -0.3 is 5.32 Å². The largest absolute Gasteiger partial charge is 0.325 e. The van der Waals surface area contributed by atoms with Gasteiger partial charge in [-0.25, -0.2) is 4.98 Å². The molecule has 0 unspecified atom stereocenters. The molecule has 0 atom stereocenters. The van der Waals surface area contributed by atoms with E-state index in [2.05, 4.69) is 50.1 Å². The second kappa shape index (κ2) is 8.71. The van der Waals surface area contributed by atoms with Crippen molar-refractivity contribution >= 4 is 33.1 Å². The van der Waals surface area contributed by atoms with Crippen LogP contribution in [0.4, 0.5) is 5.69 Å². The molecule has 0 aliphatic rings. The molecule has 6 heteroatoms. The second-order valence-corrected chi connectivity index (χ2v) is 9.79. The van der Waals surface area contributed by atoms with Crippen LogP contribution in [0.1, 0.15) is 38.8 Å². The third-order valence-electron chi connectivity index (χ3n) is 5.58. The Balaban J connectivity index is 1.57. The number of rotatable bonds is 5. The van der Waals surface area contributed by atoms with Crippen LogP contribution >= 0.6 is 11.3 Å². The molecule has 1 amide bonds. The summed E-state index contributed by atoms with van der Waals surface area (Å²) in [7, 11) is 0. The molecule has 0 bridgehead atoms. The fraction of sp³-hybridized carbons (Fsp3) is 0.269. The summed E-state index contributed by atoms with van der Waals surface area (Å²) in [5, 5.41) is 5.39. The minimum atomic E-state index is -0.263. The summed E-state index contributed by atoms with van der Waals surface area (Å²) in [5.74, 6) is -0.263. The number of nitrogens with zero attached hydrogens (tertiary/aromatic N) is 2. The summed E-state index contributed by atoms with van der Waals surface area (Å²) >= 11 is 1.44. The fourth-order valence-electron chi connectivity index (χ4n) is 3.62. The Labute approximate surface area is 191 Å². The van der Waals surface area contributed by atoms with Crippen molar-refractivity contribution in [2.45, 2.75) is 46.1 Å². The van der Waals surface area contributed by atoms with Gasteiger partial charge in [-0.3, -0.25) is 14.2 Å². The van der Waals surface area contributed by atoms with Gasteiger partial charge in [0.15, 0.2) is 0 Å². The molecule has 164 valence electrons. The Morgan fingerprint density at radius 2 is 1.75 bits per heavy atom. The number of aryl methyl sites for hydroxylation is 1. The van der Waals surface area contributed by atoms with Gasteiger partial charge >= 0.3 is 0 Å². The molecule has 5 nitrogen and oxygen atoms in total. The van der Waals surface area contributed by atoms with Crippen molar-refractivity contribution in [1.29, 1.82) is 0 Å².